The van der Waals surface area contributed by atoms with Gasteiger partial charge in [0, 0.05) is 0 Å². The normalized spacial score (nSPS) is 8.56. The van der Waals surface area contributed by atoms with Gasteiger partial charge in [-0.25, -0.2) is 0 Å². The molecule has 52 valence electrons. The average Bonchev–Trinajstić information content (AvgIpc) is 1.64. The van der Waals surface area contributed by atoms with Crippen LogP contribution in [0.3, 0.4) is 0 Å². The van der Waals surface area contributed by atoms with E-state index in [1.807, 2.05) is 0 Å². The SMILES string of the molecule is C=C(O)C(CC)=C(O)O. The molecule has 0 amide bonds. The van der Waals surface area contributed by atoms with Crippen LogP contribution in [-0.4, -0.2) is 15.3 Å². The molecule has 3 N–H and O–H groups in total. The summed E-state index contributed by atoms with van der Waals surface area (Å²) in [6.45, 7) is 4.81. The van der Waals surface area contributed by atoms with Gasteiger partial charge in [-0.1, -0.05) is 13.5 Å². The standard InChI is InChI=1S/C6H10O3/c1-3-5(4(2)7)6(8)9/h7-9H,2-3H2,1H3. The van der Waals surface area contributed by atoms with Crippen molar-refractivity contribution in [2.45, 2.75) is 13.3 Å². The van der Waals surface area contributed by atoms with Gasteiger partial charge in [-0.05, 0) is 6.42 Å². The molecule has 3 heteroatoms. The fourth-order valence-electron chi connectivity index (χ4n) is 0.491. The maximum atomic E-state index is 8.61. The van der Waals surface area contributed by atoms with Crippen molar-refractivity contribution < 1.29 is 15.3 Å². The molecular formula is C6H10O3. The number of hydrogen-bond acceptors (Lipinski definition) is 3. The van der Waals surface area contributed by atoms with Crippen molar-refractivity contribution in [2.75, 3.05) is 0 Å². The monoisotopic (exact) mass is 130 g/mol. The summed E-state index contributed by atoms with van der Waals surface area (Å²) in [5.74, 6) is -1.15. The Kier molecular flexibility index (Phi) is 2.64. The summed E-state index contributed by atoms with van der Waals surface area (Å²) in [5, 5.41) is 25.4. The van der Waals surface area contributed by atoms with E-state index in [1.54, 1.807) is 6.92 Å². The molecule has 0 aromatic heterocycles. The van der Waals surface area contributed by atoms with Crippen LogP contribution in [0.1, 0.15) is 13.3 Å². The lowest BCUT2D eigenvalue weighted by atomic mass is 10.2. The fraction of sp³-hybridized carbons (Fsp3) is 0.333. The Labute approximate surface area is 53.6 Å². The minimum atomic E-state index is -0.856. The van der Waals surface area contributed by atoms with E-state index >= 15 is 0 Å². The highest BCUT2D eigenvalue weighted by Gasteiger charge is 2.03. The highest BCUT2D eigenvalue weighted by Crippen LogP contribution is 2.10. The Balaban J connectivity index is 4.35. The summed E-state index contributed by atoms with van der Waals surface area (Å²) in [4.78, 5) is 0. The third-order valence-corrected chi connectivity index (χ3v) is 0.972. The summed E-state index contributed by atoms with van der Waals surface area (Å²) in [5.41, 5.74) is 0.0787. The third kappa shape index (κ3) is 2.08. The lowest BCUT2D eigenvalue weighted by Crippen LogP contribution is -1.91. The molecule has 0 bridgehead atoms. The van der Waals surface area contributed by atoms with Crippen LogP contribution in [0.4, 0.5) is 0 Å². The van der Waals surface area contributed by atoms with Crippen molar-refractivity contribution >= 4 is 0 Å². The molecule has 0 aliphatic heterocycles. The van der Waals surface area contributed by atoms with E-state index in [0.29, 0.717) is 6.42 Å². The number of rotatable bonds is 2. The Bertz CT molecular complexity index is 142. The molecule has 0 aromatic carbocycles. The maximum Gasteiger partial charge on any atom is 0.281 e. The van der Waals surface area contributed by atoms with Crippen LogP contribution in [0.25, 0.3) is 0 Å². The first-order valence-electron chi connectivity index (χ1n) is 2.59. The molecule has 0 aliphatic carbocycles. The van der Waals surface area contributed by atoms with Gasteiger partial charge in [-0.2, -0.15) is 0 Å². The zero-order valence-corrected chi connectivity index (χ0v) is 5.26. The van der Waals surface area contributed by atoms with Crippen LogP contribution in [0.2, 0.25) is 0 Å². The molecule has 0 saturated heterocycles. The van der Waals surface area contributed by atoms with Crippen molar-refractivity contribution in [3.8, 4) is 0 Å². The van der Waals surface area contributed by atoms with Crippen LogP contribution in [0, 0.1) is 0 Å². The zero-order chi connectivity index (χ0) is 7.44. The molecule has 0 aliphatic rings. The second-order valence-corrected chi connectivity index (χ2v) is 1.60. The topological polar surface area (TPSA) is 60.7 Å². The van der Waals surface area contributed by atoms with E-state index in [0.717, 1.165) is 0 Å². The Hall–Kier alpha value is -1.12. The fourth-order valence-corrected chi connectivity index (χ4v) is 0.491. The van der Waals surface area contributed by atoms with Gasteiger partial charge in [0.15, 0.2) is 0 Å². The van der Waals surface area contributed by atoms with Crippen molar-refractivity contribution in [1.82, 2.24) is 0 Å². The van der Waals surface area contributed by atoms with Crippen molar-refractivity contribution in [2.24, 2.45) is 0 Å². The van der Waals surface area contributed by atoms with Crippen molar-refractivity contribution in [1.29, 1.82) is 0 Å². The summed E-state index contributed by atoms with van der Waals surface area (Å²) >= 11 is 0. The first-order chi connectivity index (χ1) is 4.09. The molecule has 0 fully saturated rings. The van der Waals surface area contributed by atoms with E-state index in [9.17, 15) is 0 Å². The van der Waals surface area contributed by atoms with Gasteiger partial charge in [-0.15, -0.1) is 0 Å². The third-order valence-electron chi connectivity index (χ3n) is 0.972. The highest BCUT2D eigenvalue weighted by molar-refractivity contribution is 5.21. The van der Waals surface area contributed by atoms with E-state index in [-0.39, 0.29) is 11.3 Å². The highest BCUT2D eigenvalue weighted by atomic mass is 16.5. The minimum Gasteiger partial charge on any atom is -0.508 e. The molecule has 0 heterocycles. The molecule has 0 atom stereocenters. The first-order valence-corrected chi connectivity index (χ1v) is 2.59. The van der Waals surface area contributed by atoms with Crippen LogP contribution in [0.5, 0.6) is 0 Å². The van der Waals surface area contributed by atoms with Gasteiger partial charge in [-0.3, -0.25) is 0 Å². The second-order valence-electron chi connectivity index (χ2n) is 1.60. The molecular weight excluding hydrogens is 120 g/mol. The number of hydrogen-bond donors (Lipinski definition) is 3. The van der Waals surface area contributed by atoms with Gasteiger partial charge in [0.1, 0.15) is 5.76 Å². The number of aliphatic hydroxyl groups is 3. The first kappa shape index (κ1) is 7.88. The molecule has 3 nitrogen and oxygen atoms in total. The zero-order valence-electron chi connectivity index (χ0n) is 5.26. The Morgan fingerprint density at radius 3 is 1.78 bits per heavy atom. The van der Waals surface area contributed by atoms with E-state index in [2.05, 4.69) is 6.58 Å². The lowest BCUT2D eigenvalue weighted by Gasteiger charge is -1.99. The molecule has 0 spiro atoms. The lowest BCUT2D eigenvalue weighted by molar-refractivity contribution is 0.181. The maximum absolute atomic E-state index is 8.61. The summed E-state index contributed by atoms with van der Waals surface area (Å²) in [7, 11) is 0. The quantitative estimate of drug-likeness (QED) is 0.394. The summed E-state index contributed by atoms with van der Waals surface area (Å²) in [6.07, 6.45) is 0.359. The predicted molar refractivity (Wildman–Crippen MR) is 34.3 cm³/mol. The van der Waals surface area contributed by atoms with E-state index < -0.39 is 5.95 Å². The Morgan fingerprint density at radius 2 is 1.78 bits per heavy atom. The van der Waals surface area contributed by atoms with Gasteiger partial charge in [0.25, 0.3) is 5.95 Å². The smallest absolute Gasteiger partial charge is 0.281 e. The minimum absolute atomic E-state index is 0.0787. The van der Waals surface area contributed by atoms with E-state index in [4.69, 9.17) is 15.3 Å². The van der Waals surface area contributed by atoms with Gasteiger partial charge in [0.05, 0.1) is 5.57 Å². The second kappa shape index (κ2) is 3.02. The van der Waals surface area contributed by atoms with Crippen molar-refractivity contribution in [3.63, 3.8) is 0 Å². The largest absolute Gasteiger partial charge is 0.508 e. The molecule has 9 heavy (non-hydrogen) atoms. The van der Waals surface area contributed by atoms with Gasteiger partial charge >= 0.3 is 0 Å². The van der Waals surface area contributed by atoms with Gasteiger partial charge < -0.3 is 15.3 Å². The van der Waals surface area contributed by atoms with Crippen molar-refractivity contribution in [3.05, 3.63) is 23.9 Å². The van der Waals surface area contributed by atoms with Crippen LogP contribution in [0.15, 0.2) is 23.9 Å². The number of aliphatic hydroxyl groups excluding tert-OH is 2. The van der Waals surface area contributed by atoms with Crippen LogP contribution in [-0.2, 0) is 0 Å². The molecule has 0 rings (SSSR count). The van der Waals surface area contributed by atoms with Crippen LogP contribution >= 0.6 is 0 Å². The van der Waals surface area contributed by atoms with Crippen LogP contribution < -0.4 is 0 Å². The molecule has 0 saturated carbocycles. The average molecular weight is 130 g/mol. The molecule has 0 radical (unpaired) electrons. The predicted octanol–water partition coefficient (Wildman–Crippen LogP) is 1.80. The number of allylic oxidation sites excluding steroid dienone is 1. The summed E-state index contributed by atoms with van der Waals surface area (Å²) in [6, 6.07) is 0. The van der Waals surface area contributed by atoms with E-state index in [1.165, 1.54) is 0 Å². The Morgan fingerprint density at radius 1 is 1.33 bits per heavy atom. The van der Waals surface area contributed by atoms with Gasteiger partial charge in [0.2, 0.25) is 0 Å². The summed E-state index contributed by atoms with van der Waals surface area (Å²) < 4.78 is 0. The molecule has 0 unspecified atom stereocenters. The molecule has 0 aromatic rings.